The summed E-state index contributed by atoms with van der Waals surface area (Å²) >= 11 is 1.26. The van der Waals surface area contributed by atoms with E-state index in [1.54, 1.807) is 29.6 Å². The first-order chi connectivity index (χ1) is 15.0. The van der Waals surface area contributed by atoms with Gasteiger partial charge in [-0.15, -0.1) is 0 Å². The van der Waals surface area contributed by atoms with Crippen LogP contribution in [0.4, 0.5) is 4.79 Å². The van der Waals surface area contributed by atoms with Crippen LogP contribution in [-0.2, 0) is 22.5 Å². The third-order valence-corrected chi connectivity index (χ3v) is 6.11. The fourth-order valence-corrected chi connectivity index (χ4v) is 4.69. The summed E-state index contributed by atoms with van der Waals surface area (Å²) in [5, 5.41) is -0.0152. The van der Waals surface area contributed by atoms with Crippen molar-refractivity contribution in [3.05, 3.63) is 66.8 Å². The van der Waals surface area contributed by atoms with E-state index in [-0.39, 0.29) is 29.4 Å². The molecule has 0 unspecified atom stereocenters. The number of rotatable bonds is 9. The quantitative estimate of drug-likeness (QED) is 0.598. The number of amides is 2. The van der Waals surface area contributed by atoms with Crippen LogP contribution in [0.25, 0.3) is 0 Å². The first-order valence-corrected chi connectivity index (χ1v) is 10.9. The molecule has 0 radical (unpaired) electrons. The SMILES string of the molecule is C=CCOC(=O)N1C[C@@H](SC(=O)c2ccccc2)C[C@H]1CCn1cnc(CC(N)=O)c1. The summed E-state index contributed by atoms with van der Waals surface area (Å²) in [6.45, 7) is 4.78. The molecule has 1 aromatic heterocycles. The molecule has 9 heteroatoms. The van der Waals surface area contributed by atoms with Gasteiger partial charge in [-0.3, -0.25) is 9.59 Å². The molecule has 0 saturated carbocycles. The molecule has 0 spiro atoms. The third kappa shape index (κ3) is 6.45. The van der Waals surface area contributed by atoms with Gasteiger partial charge in [0.05, 0.1) is 18.4 Å². The first-order valence-electron chi connectivity index (χ1n) is 10.1. The molecule has 31 heavy (non-hydrogen) atoms. The molecule has 1 aromatic carbocycles. The number of nitrogens with two attached hydrogens (primary N) is 1. The number of carbonyl (C=O) groups excluding carboxylic acids is 3. The molecule has 2 atom stereocenters. The first kappa shape index (κ1) is 22.6. The van der Waals surface area contributed by atoms with Crippen LogP contribution >= 0.6 is 11.8 Å². The number of likely N-dealkylation sites (tertiary alicyclic amines) is 1. The molecule has 0 aliphatic carbocycles. The number of benzene rings is 1. The van der Waals surface area contributed by atoms with Gasteiger partial charge in [-0.25, -0.2) is 9.78 Å². The van der Waals surface area contributed by atoms with E-state index in [1.165, 1.54) is 17.8 Å². The van der Waals surface area contributed by atoms with Crippen molar-refractivity contribution in [3.8, 4) is 0 Å². The van der Waals surface area contributed by atoms with Gasteiger partial charge >= 0.3 is 6.09 Å². The molecule has 1 saturated heterocycles. The van der Waals surface area contributed by atoms with Crippen molar-refractivity contribution in [2.45, 2.75) is 37.1 Å². The maximum absolute atomic E-state index is 12.6. The lowest BCUT2D eigenvalue weighted by atomic mass is 10.1. The summed E-state index contributed by atoms with van der Waals surface area (Å²) in [6, 6.07) is 9.06. The standard InChI is InChI=1S/C22H26N4O4S/c1-2-10-30-22(29)26-14-19(31-21(28)16-6-4-3-5-7-16)12-18(26)8-9-25-13-17(24-15-25)11-20(23)27/h2-7,13,15,18-19H,1,8-12,14H2,(H2,23,27)/t18-,19+/m1/s1. The van der Waals surface area contributed by atoms with Gasteiger partial charge in [-0.1, -0.05) is 54.7 Å². The molecule has 2 aromatic rings. The van der Waals surface area contributed by atoms with E-state index in [9.17, 15) is 14.4 Å². The second-order valence-corrected chi connectivity index (χ2v) is 8.61. The van der Waals surface area contributed by atoms with Gasteiger partial charge in [0.15, 0.2) is 0 Å². The molecule has 1 aliphatic rings. The van der Waals surface area contributed by atoms with Crippen LogP contribution in [0.3, 0.4) is 0 Å². The Morgan fingerprint density at radius 1 is 1.29 bits per heavy atom. The second kappa shape index (κ2) is 10.8. The average molecular weight is 443 g/mol. The maximum atomic E-state index is 12.6. The molecule has 2 heterocycles. The largest absolute Gasteiger partial charge is 0.445 e. The lowest BCUT2D eigenvalue weighted by Crippen LogP contribution is -2.37. The molecule has 8 nitrogen and oxygen atoms in total. The highest BCUT2D eigenvalue weighted by Gasteiger charge is 2.37. The van der Waals surface area contributed by atoms with E-state index in [1.807, 2.05) is 22.8 Å². The molecule has 0 bridgehead atoms. The monoisotopic (exact) mass is 442 g/mol. The summed E-state index contributed by atoms with van der Waals surface area (Å²) in [4.78, 5) is 42.1. The van der Waals surface area contributed by atoms with Crippen molar-refractivity contribution < 1.29 is 19.1 Å². The van der Waals surface area contributed by atoms with Gasteiger partial charge in [0.2, 0.25) is 11.0 Å². The van der Waals surface area contributed by atoms with Crippen LogP contribution in [0.15, 0.2) is 55.5 Å². The number of primary amides is 1. The van der Waals surface area contributed by atoms with Crippen LogP contribution in [-0.4, -0.2) is 56.0 Å². The second-order valence-electron chi connectivity index (χ2n) is 7.34. The van der Waals surface area contributed by atoms with E-state index in [0.29, 0.717) is 37.2 Å². The minimum atomic E-state index is -0.430. The van der Waals surface area contributed by atoms with Crippen LogP contribution < -0.4 is 5.73 Å². The Hall–Kier alpha value is -3.07. The highest BCUT2D eigenvalue weighted by molar-refractivity contribution is 8.14. The number of carbonyl (C=O) groups is 3. The molecule has 1 fully saturated rings. The minimum Gasteiger partial charge on any atom is -0.445 e. The van der Waals surface area contributed by atoms with E-state index < -0.39 is 12.0 Å². The van der Waals surface area contributed by atoms with Crippen LogP contribution in [0.1, 0.15) is 28.9 Å². The number of ether oxygens (including phenoxy) is 1. The predicted octanol–water partition coefficient (Wildman–Crippen LogP) is 2.64. The highest BCUT2D eigenvalue weighted by Crippen LogP contribution is 2.32. The van der Waals surface area contributed by atoms with Gasteiger partial charge in [0, 0.05) is 36.1 Å². The fraction of sp³-hybridized carbons (Fsp3) is 0.364. The Morgan fingerprint density at radius 2 is 2.06 bits per heavy atom. The predicted molar refractivity (Wildman–Crippen MR) is 119 cm³/mol. The van der Waals surface area contributed by atoms with Gasteiger partial charge in [0.1, 0.15) is 6.61 Å². The number of thioether (sulfide) groups is 1. The summed E-state index contributed by atoms with van der Waals surface area (Å²) in [6.07, 6.45) is 6.02. The van der Waals surface area contributed by atoms with Gasteiger partial charge < -0.3 is 19.9 Å². The summed E-state index contributed by atoms with van der Waals surface area (Å²) in [5.41, 5.74) is 6.48. The smallest absolute Gasteiger partial charge is 0.410 e. The zero-order chi connectivity index (χ0) is 22.2. The molecule has 1 aliphatic heterocycles. The molecule has 164 valence electrons. The van der Waals surface area contributed by atoms with Crippen LogP contribution in [0.5, 0.6) is 0 Å². The molecule has 2 amide bonds. The van der Waals surface area contributed by atoms with E-state index >= 15 is 0 Å². The summed E-state index contributed by atoms with van der Waals surface area (Å²) in [7, 11) is 0. The van der Waals surface area contributed by atoms with E-state index in [4.69, 9.17) is 10.5 Å². The topological polar surface area (TPSA) is 108 Å². The Labute approximate surface area is 185 Å². The lowest BCUT2D eigenvalue weighted by molar-refractivity contribution is -0.117. The number of aryl methyl sites for hydroxylation is 1. The van der Waals surface area contributed by atoms with Gasteiger partial charge in [0.25, 0.3) is 0 Å². The van der Waals surface area contributed by atoms with E-state index in [2.05, 4.69) is 11.6 Å². The van der Waals surface area contributed by atoms with Gasteiger partial charge in [-0.05, 0) is 12.8 Å². The number of hydrogen-bond donors (Lipinski definition) is 1. The number of imidazole rings is 1. The zero-order valence-corrected chi connectivity index (χ0v) is 18.0. The maximum Gasteiger partial charge on any atom is 0.410 e. The highest BCUT2D eigenvalue weighted by atomic mass is 32.2. The third-order valence-electron chi connectivity index (χ3n) is 4.98. The van der Waals surface area contributed by atoms with Crippen molar-refractivity contribution in [2.75, 3.05) is 13.2 Å². The molecular weight excluding hydrogens is 416 g/mol. The van der Waals surface area contributed by atoms with Crippen molar-refractivity contribution in [1.82, 2.24) is 14.5 Å². The molecule has 3 rings (SSSR count). The summed E-state index contributed by atoms with van der Waals surface area (Å²) < 4.78 is 7.12. The van der Waals surface area contributed by atoms with Crippen LogP contribution in [0.2, 0.25) is 0 Å². The van der Waals surface area contributed by atoms with Crippen LogP contribution in [0, 0.1) is 0 Å². The normalized spacial score (nSPS) is 18.0. The van der Waals surface area contributed by atoms with Crippen molar-refractivity contribution in [3.63, 3.8) is 0 Å². The van der Waals surface area contributed by atoms with Gasteiger partial charge in [-0.2, -0.15) is 0 Å². The number of nitrogens with zero attached hydrogens (tertiary/aromatic N) is 3. The Morgan fingerprint density at radius 3 is 2.77 bits per heavy atom. The summed E-state index contributed by atoms with van der Waals surface area (Å²) in [5.74, 6) is -0.430. The molecule has 2 N–H and O–H groups in total. The number of aromatic nitrogens is 2. The van der Waals surface area contributed by atoms with E-state index in [0.717, 1.165) is 0 Å². The Kier molecular flexibility index (Phi) is 7.88. The van der Waals surface area contributed by atoms with Crippen molar-refractivity contribution in [1.29, 1.82) is 0 Å². The average Bonchev–Trinajstić information content (AvgIpc) is 3.37. The zero-order valence-electron chi connectivity index (χ0n) is 17.2. The lowest BCUT2D eigenvalue weighted by Gasteiger charge is -2.23. The van der Waals surface area contributed by atoms with Crippen molar-refractivity contribution >= 4 is 28.9 Å². The Balaban J connectivity index is 1.63. The number of hydrogen-bond acceptors (Lipinski definition) is 6. The Bertz CT molecular complexity index is 931. The fourth-order valence-electron chi connectivity index (χ4n) is 3.56. The minimum absolute atomic E-state index is 0.00337. The van der Waals surface area contributed by atoms with Crippen molar-refractivity contribution in [2.24, 2.45) is 5.73 Å². The molecular formula is C22H26N4O4S.